The Hall–Kier alpha value is -0.700. The molecule has 3 saturated carbocycles. The van der Waals surface area contributed by atoms with Gasteiger partial charge in [0, 0.05) is 5.41 Å². The minimum Gasteiger partial charge on any atom is -0.389 e. The lowest BCUT2D eigenvalue weighted by Crippen LogP contribution is -2.50. The number of allylic oxidation sites excluding steroid dienone is 1. The summed E-state index contributed by atoms with van der Waals surface area (Å²) in [4.78, 5) is 12.3. The maximum Gasteiger partial charge on any atom is 0.173 e. The molecule has 0 heterocycles. The molecule has 2 nitrogen and oxygen atoms in total. The van der Waals surface area contributed by atoms with Crippen LogP contribution in [-0.4, -0.2) is 23.2 Å². The number of hydrogen-bond donors (Lipinski definition) is 1. The highest BCUT2D eigenvalue weighted by Gasteiger charge is 2.61. The first-order valence-electron chi connectivity index (χ1n) is 8.94. The standard InChI is InChI=1S/C19H27FO2/c1-18-7-5-12(21)9-11(18)3-4-13-14(18)6-8-19(2)15(13)10-16(20)17(19)22/h9,12-16,21H,3-8,10H2,1-2H3/t12-,13+,14-,15-,16+,18-,19-/m0/s1. The molecule has 3 heteroatoms. The largest absolute Gasteiger partial charge is 0.389 e. The van der Waals surface area contributed by atoms with Crippen LogP contribution in [0.15, 0.2) is 11.6 Å². The summed E-state index contributed by atoms with van der Waals surface area (Å²) in [5, 5.41) is 9.95. The Morgan fingerprint density at radius 3 is 2.64 bits per heavy atom. The Balaban J connectivity index is 1.69. The van der Waals surface area contributed by atoms with Gasteiger partial charge in [0.05, 0.1) is 6.10 Å². The quantitative estimate of drug-likeness (QED) is 0.691. The molecule has 0 spiro atoms. The molecule has 122 valence electrons. The fourth-order valence-corrected chi connectivity index (χ4v) is 6.46. The van der Waals surface area contributed by atoms with Gasteiger partial charge < -0.3 is 5.11 Å². The molecule has 22 heavy (non-hydrogen) atoms. The zero-order valence-corrected chi connectivity index (χ0v) is 13.6. The number of rotatable bonds is 0. The predicted molar refractivity (Wildman–Crippen MR) is 83.0 cm³/mol. The molecule has 0 radical (unpaired) electrons. The van der Waals surface area contributed by atoms with Crippen LogP contribution in [0.4, 0.5) is 4.39 Å². The van der Waals surface area contributed by atoms with E-state index in [9.17, 15) is 14.3 Å². The predicted octanol–water partition coefficient (Wildman–Crippen LogP) is 3.83. The van der Waals surface area contributed by atoms with E-state index < -0.39 is 11.6 Å². The van der Waals surface area contributed by atoms with Gasteiger partial charge in [-0.05, 0) is 68.1 Å². The number of ketones is 1. The number of hydrogen-bond acceptors (Lipinski definition) is 2. The summed E-state index contributed by atoms with van der Waals surface area (Å²) >= 11 is 0. The maximum atomic E-state index is 14.1. The molecule has 0 amide bonds. The number of aliphatic hydroxyl groups excluding tert-OH is 1. The van der Waals surface area contributed by atoms with E-state index >= 15 is 0 Å². The van der Waals surface area contributed by atoms with Crippen LogP contribution < -0.4 is 0 Å². The van der Waals surface area contributed by atoms with Crippen LogP contribution in [0.1, 0.15) is 58.8 Å². The second kappa shape index (κ2) is 4.66. The summed E-state index contributed by atoms with van der Waals surface area (Å²) in [6, 6.07) is 0. The smallest absolute Gasteiger partial charge is 0.173 e. The van der Waals surface area contributed by atoms with Gasteiger partial charge in [0.1, 0.15) is 0 Å². The van der Waals surface area contributed by atoms with Gasteiger partial charge in [-0.25, -0.2) is 4.39 Å². The molecule has 1 N–H and O–H groups in total. The van der Waals surface area contributed by atoms with Crippen LogP contribution >= 0.6 is 0 Å². The van der Waals surface area contributed by atoms with Crippen LogP contribution in [0.2, 0.25) is 0 Å². The van der Waals surface area contributed by atoms with Gasteiger partial charge in [-0.3, -0.25) is 4.79 Å². The summed E-state index contributed by atoms with van der Waals surface area (Å²) in [7, 11) is 0. The lowest BCUT2D eigenvalue weighted by molar-refractivity contribution is -0.135. The van der Waals surface area contributed by atoms with E-state index in [-0.39, 0.29) is 23.2 Å². The van der Waals surface area contributed by atoms with Crippen molar-refractivity contribution >= 4 is 5.78 Å². The Morgan fingerprint density at radius 2 is 1.86 bits per heavy atom. The normalized spacial score (nSPS) is 54.3. The van der Waals surface area contributed by atoms with Crippen LogP contribution in [0.5, 0.6) is 0 Å². The third kappa shape index (κ3) is 1.78. The molecule has 7 atom stereocenters. The lowest BCUT2D eigenvalue weighted by Gasteiger charge is -2.57. The topological polar surface area (TPSA) is 37.3 Å². The van der Waals surface area contributed by atoms with E-state index in [1.54, 1.807) is 0 Å². The zero-order chi connectivity index (χ0) is 15.7. The van der Waals surface area contributed by atoms with Gasteiger partial charge >= 0.3 is 0 Å². The Bertz CT molecular complexity index is 542. The average molecular weight is 306 g/mol. The third-order valence-electron chi connectivity index (χ3n) is 7.79. The molecular weight excluding hydrogens is 279 g/mol. The molecule has 0 saturated heterocycles. The first-order chi connectivity index (χ1) is 10.4. The van der Waals surface area contributed by atoms with Gasteiger partial charge in [-0.1, -0.05) is 25.5 Å². The van der Waals surface area contributed by atoms with Crippen molar-refractivity contribution in [2.45, 2.75) is 71.1 Å². The second-order valence-corrected chi connectivity index (χ2v) is 8.65. The van der Waals surface area contributed by atoms with Crippen molar-refractivity contribution in [3.05, 3.63) is 11.6 Å². The number of carbonyl (C=O) groups is 1. The summed E-state index contributed by atoms with van der Waals surface area (Å²) < 4.78 is 14.1. The van der Waals surface area contributed by atoms with Gasteiger partial charge in [-0.15, -0.1) is 0 Å². The molecule has 0 aromatic rings. The average Bonchev–Trinajstić information content (AvgIpc) is 2.72. The number of alkyl halides is 1. The molecular formula is C19H27FO2. The lowest BCUT2D eigenvalue weighted by atomic mass is 9.47. The molecule has 0 unspecified atom stereocenters. The molecule has 3 fully saturated rings. The Morgan fingerprint density at radius 1 is 1.14 bits per heavy atom. The fraction of sp³-hybridized carbons (Fsp3) is 0.842. The highest BCUT2D eigenvalue weighted by molar-refractivity contribution is 5.91. The second-order valence-electron chi connectivity index (χ2n) is 8.65. The SMILES string of the molecule is C[C@]12CC[C@H](O)C=C1CC[C@@H]1[C@@H]2CC[C@]2(C)C(=O)[C@H](F)C[C@@H]12. The summed E-state index contributed by atoms with van der Waals surface area (Å²) in [5.74, 6) is 1.16. The zero-order valence-electron chi connectivity index (χ0n) is 13.6. The van der Waals surface area contributed by atoms with E-state index in [1.807, 2.05) is 6.92 Å². The molecule has 4 rings (SSSR count). The van der Waals surface area contributed by atoms with E-state index in [0.717, 1.165) is 38.5 Å². The van der Waals surface area contributed by atoms with Crippen molar-refractivity contribution in [1.82, 2.24) is 0 Å². The summed E-state index contributed by atoms with van der Waals surface area (Å²) in [6.45, 7) is 4.38. The van der Waals surface area contributed by atoms with Crippen LogP contribution in [-0.2, 0) is 4.79 Å². The van der Waals surface area contributed by atoms with Crippen molar-refractivity contribution in [3.63, 3.8) is 0 Å². The molecule has 4 aliphatic carbocycles. The van der Waals surface area contributed by atoms with Crippen LogP contribution in [0.25, 0.3) is 0 Å². The molecule has 4 aliphatic rings. The van der Waals surface area contributed by atoms with Crippen molar-refractivity contribution < 1.29 is 14.3 Å². The minimum atomic E-state index is -1.23. The Kier molecular flexibility index (Phi) is 3.15. The first-order valence-corrected chi connectivity index (χ1v) is 8.94. The van der Waals surface area contributed by atoms with Crippen molar-refractivity contribution in [2.75, 3.05) is 0 Å². The third-order valence-corrected chi connectivity index (χ3v) is 7.79. The van der Waals surface area contributed by atoms with Gasteiger partial charge in [-0.2, -0.15) is 0 Å². The van der Waals surface area contributed by atoms with E-state index in [2.05, 4.69) is 13.0 Å². The van der Waals surface area contributed by atoms with E-state index in [1.165, 1.54) is 5.57 Å². The Labute approximate surface area is 132 Å². The van der Waals surface area contributed by atoms with Crippen molar-refractivity contribution in [2.24, 2.45) is 28.6 Å². The maximum absolute atomic E-state index is 14.1. The monoisotopic (exact) mass is 306 g/mol. The minimum absolute atomic E-state index is 0.124. The van der Waals surface area contributed by atoms with E-state index in [4.69, 9.17) is 0 Å². The van der Waals surface area contributed by atoms with Gasteiger partial charge in [0.15, 0.2) is 12.0 Å². The number of halogens is 1. The number of Topliss-reactive ketones (excluding diaryl/α,β-unsaturated/α-hetero) is 1. The number of fused-ring (bicyclic) bond motifs is 5. The summed E-state index contributed by atoms with van der Waals surface area (Å²) in [6.07, 6.45) is 6.89. The van der Waals surface area contributed by atoms with Crippen LogP contribution in [0, 0.1) is 28.6 Å². The number of aliphatic hydroxyl groups is 1. The highest BCUT2D eigenvalue weighted by Crippen LogP contribution is 2.64. The van der Waals surface area contributed by atoms with Gasteiger partial charge in [0.25, 0.3) is 0 Å². The number of carbonyl (C=O) groups excluding carboxylic acids is 1. The molecule has 0 bridgehead atoms. The fourth-order valence-electron chi connectivity index (χ4n) is 6.46. The molecule has 0 aromatic heterocycles. The van der Waals surface area contributed by atoms with Crippen LogP contribution in [0.3, 0.4) is 0 Å². The van der Waals surface area contributed by atoms with Crippen molar-refractivity contribution in [3.8, 4) is 0 Å². The van der Waals surface area contributed by atoms with Gasteiger partial charge in [0.2, 0.25) is 0 Å². The molecule has 0 aromatic carbocycles. The highest BCUT2D eigenvalue weighted by atomic mass is 19.1. The first kappa shape index (κ1) is 14.9. The van der Waals surface area contributed by atoms with E-state index in [0.29, 0.717) is 18.3 Å². The molecule has 0 aliphatic heterocycles. The van der Waals surface area contributed by atoms with Crippen molar-refractivity contribution in [1.29, 1.82) is 0 Å². The summed E-state index contributed by atoms with van der Waals surface area (Å²) in [5.41, 5.74) is 1.19.